The number of rotatable bonds is 1. The SMILES string of the molecule is Cc1cc(N)nc(CI)n1. The molecule has 1 rings (SSSR count). The highest BCUT2D eigenvalue weighted by atomic mass is 127. The van der Waals surface area contributed by atoms with E-state index in [0.717, 1.165) is 15.9 Å². The normalized spacial score (nSPS) is 9.80. The van der Waals surface area contributed by atoms with Crippen molar-refractivity contribution in [2.75, 3.05) is 5.73 Å². The van der Waals surface area contributed by atoms with Gasteiger partial charge in [0.15, 0.2) is 0 Å². The molecule has 10 heavy (non-hydrogen) atoms. The molecule has 3 nitrogen and oxygen atoms in total. The van der Waals surface area contributed by atoms with Crippen LogP contribution in [0.4, 0.5) is 5.82 Å². The molecule has 0 unspecified atom stereocenters. The van der Waals surface area contributed by atoms with Gasteiger partial charge >= 0.3 is 0 Å². The zero-order valence-corrected chi connectivity index (χ0v) is 7.79. The van der Waals surface area contributed by atoms with Crippen LogP contribution in [0.1, 0.15) is 11.5 Å². The first kappa shape index (κ1) is 7.71. The fourth-order valence-electron chi connectivity index (χ4n) is 0.716. The van der Waals surface area contributed by atoms with Crippen molar-refractivity contribution in [1.82, 2.24) is 9.97 Å². The van der Waals surface area contributed by atoms with Crippen LogP contribution < -0.4 is 5.73 Å². The summed E-state index contributed by atoms with van der Waals surface area (Å²) in [4.78, 5) is 8.17. The van der Waals surface area contributed by atoms with Crippen LogP contribution in [0.3, 0.4) is 0 Å². The first-order valence-electron chi connectivity index (χ1n) is 2.88. The predicted octanol–water partition coefficient (Wildman–Crippen LogP) is 1.30. The number of hydrogen-bond acceptors (Lipinski definition) is 3. The molecule has 0 spiro atoms. The third-order valence-corrected chi connectivity index (χ3v) is 1.72. The summed E-state index contributed by atoms with van der Waals surface area (Å²) < 4.78 is 0.809. The number of nitrogens with two attached hydrogens (primary N) is 1. The van der Waals surface area contributed by atoms with E-state index in [1.165, 1.54) is 0 Å². The molecule has 0 saturated carbocycles. The average Bonchev–Trinajstić information content (AvgIpc) is 1.85. The molecule has 1 heterocycles. The quantitative estimate of drug-likeness (QED) is 0.602. The largest absolute Gasteiger partial charge is 0.384 e. The second kappa shape index (κ2) is 3.14. The van der Waals surface area contributed by atoms with E-state index in [4.69, 9.17) is 5.73 Å². The molecule has 4 heteroatoms. The first-order chi connectivity index (χ1) is 4.72. The standard InChI is InChI=1S/C6H8IN3/c1-4-2-5(8)10-6(3-7)9-4/h2H,3H2,1H3,(H2,8,9,10). The van der Waals surface area contributed by atoms with Crippen LogP contribution in [-0.4, -0.2) is 9.97 Å². The lowest BCUT2D eigenvalue weighted by molar-refractivity contribution is 1.01. The van der Waals surface area contributed by atoms with Crippen LogP contribution in [0.15, 0.2) is 6.07 Å². The van der Waals surface area contributed by atoms with Gasteiger partial charge in [0, 0.05) is 11.8 Å². The van der Waals surface area contributed by atoms with Gasteiger partial charge in [-0.1, -0.05) is 22.6 Å². The van der Waals surface area contributed by atoms with E-state index in [1.54, 1.807) is 6.07 Å². The summed E-state index contributed by atoms with van der Waals surface area (Å²) in [5, 5.41) is 0. The molecule has 1 aromatic heterocycles. The Morgan fingerprint density at radius 2 is 2.30 bits per heavy atom. The zero-order chi connectivity index (χ0) is 7.56. The maximum Gasteiger partial charge on any atom is 0.140 e. The molecule has 1 aromatic rings. The summed E-state index contributed by atoms with van der Waals surface area (Å²) in [6, 6.07) is 1.76. The van der Waals surface area contributed by atoms with Crippen LogP contribution >= 0.6 is 22.6 Å². The fraction of sp³-hybridized carbons (Fsp3) is 0.333. The topological polar surface area (TPSA) is 51.8 Å². The van der Waals surface area contributed by atoms with Gasteiger partial charge in [0.2, 0.25) is 0 Å². The van der Waals surface area contributed by atoms with Gasteiger partial charge in [0.25, 0.3) is 0 Å². The molecule has 0 atom stereocenters. The summed E-state index contributed by atoms with van der Waals surface area (Å²) in [6.45, 7) is 1.91. The molecule has 0 bridgehead atoms. The van der Waals surface area contributed by atoms with Gasteiger partial charge in [-0.25, -0.2) is 9.97 Å². The smallest absolute Gasteiger partial charge is 0.140 e. The molecular weight excluding hydrogens is 241 g/mol. The third-order valence-electron chi connectivity index (χ3n) is 1.04. The average molecular weight is 249 g/mol. The van der Waals surface area contributed by atoms with Gasteiger partial charge in [-0.2, -0.15) is 0 Å². The van der Waals surface area contributed by atoms with E-state index in [1.807, 2.05) is 6.92 Å². The number of hydrogen-bond donors (Lipinski definition) is 1. The lowest BCUT2D eigenvalue weighted by Crippen LogP contribution is -1.98. The summed E-state index contributed by atoms with van der Waals surface area (Å²) in [7, 11) is 0. The minimum Gasteiger partial charge on any atom is -0.384 e. The third kappa shape index (κ3) is 1.80. The van der Waals surface area contributed by atoms with Crippen LogP contribution in [0, 0.1) is 6.92 Å². The Morgan fingerprint density at radius 1 is 1.60 bits per heavy atom. The number of nitrogen functional groups attached to an aromatic ring is 1. The minimum absolute atomic E-state index is 0.555. The Labute approximate surface area is 73.2 Å². The second-order valence-corrected chi connectivity index (χ2v) is 2.75. The van der Waals surface area contributed by atoms with E-state index in [0.29, 0.717) is 5.82 Å². The van der Waals surface area contributed by atoms with Crippen LogP contribution in [-0.2, 0) is 4.43 Å². The summed E-state index contributed by atoms with van der Waals surface area (Å²) in [5.41, 5.74) is 6.41. The van der Waals surface area contributed by atoms with Crippen molar-refractivity contribution < 1.29 is 0 Å². The molecule has 54 valence electrons. The Hall–Kier alpha value is -0.390. The number of alkyl halides is 1. The minimum atomic E-state index is 0.555. The number of halogens is 1. The Bertz CT molecular complexity index is 216. The van der Waals surface area contributed by atoms with E-state index in [-0.39, 0.29) is 0 Å². The molecule has 0 amide bonds. The molecule has 0 radical (unpaired) electrons. The molecule has 0 fully saturated rings. The highest BCUT2D eigenvalue weighted by Crippen LogP contribution is 2.04. The van der Waals surface area contributed by atoms with Crippen molar-refractivity contribution in [1.29, 1.82) is 0 Å². The van der Waals surface area contributed by atoms with Gasteiger partial charge in [0.05, 0.1) is 4.43 Å². The molecule has 0 aromatic carbocycles. The number of nitrogens with zero attached hydrogens (tertiary/aromatic N) is 2. The van der Waals surface area contributed by atoms with Crippen molar-refractivity contribution in [3.63, 3.8) is 0 Å². The van der Waals surface area contributed by atoms with Crippen LogP contribution in [0.5, 0.6) is 0 Å². The monoisotopic (exact) mass is 249 g/mol. The number of aryl methyl sites for hydroxylation is 1. The molecule has 2 N–H and O–H groups in total. The second-order valence-electron chi connectivity index (χ2n) is 1.98. The summed E-state index contributed by atoms with van der Waals surface area (Å²) in [6.07, 6.45) is 0. The molecule has 0 aliphatic heterocycles. The maximum atomic E-state index is 5.48. The summed E-state index contributed by atoms with van der Waals surface area (Å²) in [5.74, 6) is 1.36. The van der Waals surface area contributed by atoms with Crippen molar-refractivity contribution in [2.24, 2.45) is 0 Å². The van der Waals surface area contributed by atoms with Crippen molar-refractivity contribution in [2.45, 2.75) is 11.4 Å². The van der Waals surface area contributed by atoms with E-state index < -0.39 is 0 Å². The lowest BCUT2D eigenvalue weighted by atomic mass is 10.4. The maximum absolute atomic E-state index is 5.48. The summed E-state index contributed by atoms with van der Waals surface area (Å²) >= 11 is 2.21. The Balaban J connectivity index is 3.06. The zero-order valence-electron chi connectivity index (χ0n) is 5.63. The molecule has 0 saturated heterocycles. The van der Waals surface area contributed by atoms with Crippen molar-refractivity contribution >= 4 is 28.4 Å². The molecule has 0 aliphatic carbocycles. The number of aromatic nitrogens is 2. The highest BCUT2D eigenvalue weighted by molar-refractivity contribution is 14.1. The molecular formula is C6H8IN3. The van der Waals surface area contributed by atoms with Crippen LogP contribution in [0.25, 0.3) is 0 Å². The molecule has 0 aliphatic rings. The van der Waals surface area contributed by atoms with Gasteiger partial charge in [0.1, 0.15) is 11.6 Å². The van der Waals surface area contributed by atoms with Gasteiger partial charge in [-0.3, -0.25) is 0 Å². The van der Waals surface area contributed by atoms with E-state index >= 15 is 0 Å². The Morgan fingerprint density at radius 3 is 2.80 bits per heavy atom. The van der Waals surface area contributed by atoms with Gasteiger partial charge < -0.3 is 5.73 Å². The predicted molar refractivity (Wildman–Crippen MR) is 48.9 cm³/mol. The van der Waals surface area contributed by atoms with Gasteiger partial charge in [-0.05, 0) is 6.92 Å². The number of anilines is 1. The van der Waals surface area contributed by atoms with Gasteiger partial charge in [-0.15, -0.1) is 0 Å². The highest BCUT2D eigenvalue weighted by Gasteiger charge is 1.95. The van der Waals surface area contributed by atoms with Crippen LogP contribution in [0.2, 0.25) is 0 Å². The van der Waals surface area contributed by atoms with Crippen molar-refractivity contribution in [3.8, 4) is 0 Å². The van der Waals surface area contributed by atoms with E-state index in [2.05, 4.69) is 32.6 Å². The first-order valence-corrected chi connectivity index (χ1v) is 4.41. The van der Waals surface area contributed by atoms with Crippen molar-refractivity contribution in [3.05, 3.63) is 17.6 Å². The Kier molecular flexibility index (Phi) is 2.42. The fourth-order valence-corrected chi connectivity index (χ4v) is 1.06. The van der Waals surface area contributed by atoms with E-state index in [9.17, 15) is 0 Å². The lowest BCUT2D eigenvalue weighted by Gasteiger charge is -1.97.